The van der Waals surface area contributed by atoms with Crippen LogP contribution < -0.4 is 4.74 Å². The van der Waals surface area contributed by atoms with Crippen LogP contribution in [0.2, 0.25) is 0 Å². The maximum atomic E-state index is 10.6. The highest BCUT2D eigenvalue weighted by molar-refractivity contribution is 9.11. The van der Waals surface area contributed by atoms with Crippen LogP contribution >= 0.6 is 31.9 Å². The summed E-state index contributed by atoms with van der Waals surface area (Å²) in [6.45, 7) is 5.13. The molecule has 0 amide bonds. The maximum absolute atomic E-state index is 10.6. The second-order valence-electron chi connectivity index (χ2n) is 6.77. The number of quaternary nitrogens is 1. The third-order valence-electron chi connectivity index (χ3n) is 4.70. The first kappa shape index (κ1) is 19.8. The van der Waals surface area contributed by atoms with Gasteiger partial charge in [0.15, 0.2) is 0 Å². The Hall–Kier alpha value is -0.920. The van der Waals surface area contributed by atoms with Crippen LogP contribution in [0.15, 0.2) is 57.5 Å². The van der Waals surface area contributed by atoms with E-state index < -0.39 is 6.10 Å². The van der Waals surface area contributed by atoms with Crippen molar-refractivity contribution in [1.29, 1.82) is 0 Å². The van der Waals surface area contributed by atoms with Crippen molar-refractivity contribution in [3.05, 3.63) is 63.0 Å². The van der Waals surface area contributed by atoms with E-state index in [1.165, 1.54) is 5.56 Å². The smallest absolute Gasteiger partial charge is 0.137 e. The number of hydrogen-bond acceptors (Lipinski definition) is 3. The maximum Gasteiger partial charge on any atom is 0.137 e. The van der Waals surface area contributed by atoms with Gasteiger partial charge in [0, 0.05) is 10.0 Å². The highest BCUT2D eigenvalue weighted by atomic mass is 79.9. The first-order valence-electron chi connectivity index (χ1n) is 8.79. The fraction of sp³-hybridized carbons (Fsp3) is 0.400. The van der Waals surface area contributed by atoms with Gasteiger partial charge in [0.25, 0.3) is 0 Å². The Morgan fingerprint density at radius 2 is 1.81 bits per heavy atom. The van der Waals surface area contributed by atoms with Crippen molar-refractivity contribution in [2.24, 2.45) is 0 Å². The van der Waals surface area contributed by atoms with Crippen LogP contribution in [0.5, 0.6) is 5.75 Å². The van der Waals surface area contributed by atoms with Crippen molar-refractivity contribution >= 4 is 31.9 Å². The number of hydrogen-bond donors (Lipinski definition) is 1. The summed E-state index contributed by atoms with van der Waals surface area (Å²) in [6, 6.07) is 16.2. The number of benzene rings is 2. The number of aliphatic hydroxyl groups excluding tert-OH is 1. The van der Waals surface area contributed by atoms with Crippen LogP contribution in [0.1, 0.15) is 5.56 Å². The van der Waals surface area contributed by atoms with E-state index in [0.29, 0.717) is 6.54 Å². The molecule has 1 fully saturated rings. The molecular formula is C20H24Br2NO3+. The third kappa shape index (κ3) is 5.54. The topological polar surface area (TPSA) is 38.7 Å². The molecule has 1 aliphatic rings. The number of nitrogens with zero attached hydrogens (tertiary/aromatic N) is 1. The van der Waals surface area contributed by atoms with Gasteiger partial charge in [-0.05, 0) is 34.1 Å². The summed E-state index contributed by atoms with van der Waals surface area (Å²) >= 11 is 6.92. The summed E-state index contributed by atoms with van der Waals surface area (Å²) in [5, 5.41) is 10.6. The van der Waals surface area contributed by atoms with Gasteiger partial charge in [-0.15, -0.1) is 0 Å². The molecule has 4 nitrogen and oxygen atoms in total. The van der Waals surface area contributed by atoms with Crippen LogP contribution in [-0.2, 0) is 11.3 Å². The van der Waals surface area contributed by atoms with Gasteiger partial charge in [-0.25, -0.2) is 0 Å². The highest BCUT2D eigenvalue weighted by Gasteiger charge is 2.33. The minimum absolute atomic E-state index is 0.274. The third-order valence-corrected chi connectivity index (χ3v) is 5.82. The van der Waals surface area contributed by atoms with E-state index in [0.717, 1.165) is 52.0 Å². The van der Waals surface area contributed by atoms with Gasteiger partial charge in [0.1, 0.15) is 44.6 Å². The van der Waals surface area contributed by atoms with Gasteiger partial charge in [-0.3, -0.25) is 0 Å². The Morgan fingerprint density at radius 1 is 1.08 bits per heavy atom. The zero-order chi connectivity index (χ0) is 18.4. The predicted octanol–water partition coefficient (Wildman–Crippen LogP) is 4.00. The fourth-order valence-corrected chi connectivity index (χ4v) is 4.55. The highest BCUT2D eigenvalue weighted by Crippen LogP contribution is 2.28. The van der Waals surface area contributed by atoms with Gasteiger partial charge in [-0.1, -0.05) is 46.3 Å². The summed E-state index contributed by atoms with van der Waals surface area (Å²) in [5.74, 6) is 0.740. The molecule has 0 spiro atoms. The van der Waals surface area contributed by atoms with E-state index in [-0.39, 0.29) is 6.61 Å². The predicted molar refractivity (Wildman–Crippen MR) is 109 cm³/mol. The Bertz CT molecular complexity index is 705. The molecule has 1 atom stereocenters. The molecule has 1 aliphatic heterocycles. The van der Waals surface area contributed by atoms with E-state index in [1.54, 1.807) is 0 Å². The summed E-state index contributed by atoms with van der Waals surface area (Å²) in [5.41, 5.74) is 1.29. The Morgan fingerprint density at radius 3 is 2.50 bits per heavy atom. The molecule has 3 rings (SSSR count). The molecule has 2 aromatic rings. The summed E-state index contributed by atoms with van der Waals surface area (Å²) in [6.07, 6.45) is -0.535. The first-order valence-corrected chi connectivity index (χ1v) is 10.4. The fourth-order valence-electron chi connectivity index (χ4n) is 3.38. The van der Waals surface area contributed by atoms with Crippen LogP contribution in [0.3, 0.4) is 0 Å². The van der Waals surface area contributed by atoms with E-state index in [4.69, 9.17) is 9.47 Å². The largest absolute Gasteiger partial charge is 0.489 e. The number of halogens is 2. The van der Waals surface area contributed by atoms with Crippen molar-refractivity contribution < 1.29 is 19.1 Å². The molecule has 140 valence electrons. The van der Waals surface area contributed by atoms with Gasteiger partial charge in [-0.2, -0.15) is 0 Å². The molecule has 0 aromatic heterocycles. The van der Waals surface area contributed by atoms with Crippen LogP contribution in [-0.4, -0.2) is 55.1 Å². The van der Waals surface area contributed by atoms with Gasteiger partial charge in [0.05, 0.1) is 17.7 Å². The summed E-state index contributed by atoms with van der Waals surface area (Å²) in [7, 11) is 0. The second-order valence-corrected chi connectivity index (χ2v) is 8.54. The molecule has 0 saturated carbocycles. The van der Waals surface area contributed by atoms with Crippen molar-refractivity contribution in [1.82, 2.24) is 0 Å². The molecule has 0 bridgehead atoms. The number of ether oxygens (including phenoxy) is 2. The Kier molecular flexibility index (Phi) is 7.12. The van der Waals surface area contributed by atoms with Crippen LogP contribution in [0.25, 0.3) is 0 Å². The Balaban J connectivity index is 1.62. The Labute approximate surface area is 171 Å². The molecule has 2 aromatic carbocycles. The standard InChI is InChI=1S/C20H24Br2NO3/c21-17-6-7-20(19(22)12-17)26-15-18(24)14-23(8-10-25-11-9-23)13-16-4-2-1-3-5-16/h1-7,12,18,24H,8-11,13-15H2/q+1/t18-/m0/s1. The molecular weight excluding hydrogens is 462 g/mol. The molecule has 6 heteroatoms. The van der Waals surface area contributed by atoms with E-state index >= 15 is 0 Å². The molecule has 0 unspecified atom stereocenters. The molecule has 1 saturated heterocycles. The van der Waals surface area contributed by atoms with E-state index in [9.17, 15) is 5.11 Å². The lowest BCUT2D eigenvalue weighted by Gasteiger charge is -2.42. The van der Waals surface area contributed by atoms with Crippen molar-refractivity contribution in [2.75, 3.05) is 39.5 Å². The molecule has 26 heavy (non-hydrogen) atoms. The van der Waals surface area contributed by atoms with Crippen LogP contribution in [0, 0.1) is 0 Å². The molecule has 1 N–H and O–H groups in total. The molecule has 0 radical (unpaired) electrons. The van der Waals surface area contributed by atoms with Crippen molar-refractivity contribution in [2.45, 2.75) is 12.6 Å². The quantitative estimate of drug-likeness (QED) is 0.602. The lowest BCUT2D eigenvalue weighted by atomic mass is 10.1. The molecule has 0 aliphatic carbocycles. The van der Waals surface area contributed by atoms with Gasteiger partial charge < -0.3 is 19.1 Å². The minimum atomic E-state index is -0.535. The molecule has 1 heterocycles. The van der Waals surface area contributed by atoms with E-state index in [1.807, 2.05) is 24.3 Å². The lowest BCUT2D eigenvalue weighted by molar-refractivity contribution is -0.950. The van der Waals surface area contributed by atoms with Crippen molar-refractivity contribution in [3.63, 3.8) is 0 Å². The SMILES string of the molecule is O[C@H](COc1ccc(Br)cc1Br)C[N+]1(Cc2ccccc2)CCOCC1. The lowest BCUT2D eigenvalue weighted by Crippen LogP contribution is -2.58. The number of aliphatic hydroxyl groups is 1. The minimum Gasteiger partial charge on any atom is -0.489 e. The number of rotatable bonds is 7. The summed E-state index contributed by atoms with van der Waals surface area (Å²) < 4.78 is 14.1. The first-order chi connectivity index (χ1) is 12.6. The zero-order valence-corrected chi connectivity index (χ0v) is 17.8. The van der Waals surface area contributed by atoms with Gasteiger partial charge >= 0.3 is 0 Å². The van der Waals surface area contributed by atoms with Crippen molar-refractivity contribution in [3.8, 4) is 5.75 Å². The van der Waals surface area contributed by atoms with E-state index in [2.05, 4.69) is 56.1 Å². The van der Waals surface area contributed by atoms with Gasteiger partial charge in [0.2, 0.25) is 0 Å². The monoisotopic (exact) mass is 484 g/mol. The average Bonchev–Trinajstić information content (AvgIpc) is 2.62. The number of morpholine rings is 1. The van der Waals surface area contributed by atoms with Crippen LogP contribution in [0.4, 0.5) is 0 Å². The normalized spacial score (nSPS) is 17.7. The zero-order valence-electron chi connectivity index (χ0n) is 14.6. The second kappa shape index (κ2) is 9.33. The average molecular weight is 486 g/mol. The summed E-state index contributed by atoms with van der Waals surface area (Å²) in [4.78, 5) is 0.